The average Bonchev–Trinajstić information content (AvgIpc) is 3.35. The second kappa shape index (κ2) is 9.97. The van der Waals surface area contributed by atoms with Crippen molar-refractivity contribution in [2.45, 2.75) is 24.2 Å². The van der Waals surface area contributed by atoms with E-state index in [0.717, 1.165) is 37.2 Å². The van der Waals surface area contributed by atoms with Crippen LogP contribution >= 0.6 is 0 Å². The van der Waals surface area contributed by atoms with Crippen LogP contribution in [0.5, 0.6) is 0 Å². The maximum absolute atomic E-state index is 13.1. The second-order valence-corrected chi connectivity index (χ2v) is 9.96. The van der Waals surface area contributed by atoms with Gasteiger partial charge in [-0.15, -0.1) is 0 Å². The van der Waals surface area contributed by atoms with Crippen molar-refractivity contribution in [3.63, 3.8) is 0 Å². The summed E-state index contributed by atoms with van der Waals surface area (Å²) in [6.45, 7) is 3.37. The van der Waals surface area contributed by atoms with Crippen LogP contribution in [0.4, 0.5) is 10.1 Å². The van der Waals surface area contributed by atoms with Crippen molar-refractivity contribution in [1.82, 2.24) is 9.62 Å². The third-order valence-corrected chi connectivity index (χ3v) is 7.77. The number of hydrogen-bond donors (Lipinski definition) is 1. The zero-order valence-electron chi connectivity index (χ0n) is 17.9. The first kappa shape index (κ1) is 22.7. The van der Waals surface area contributed by atoms with E-state index in [1.807, 2.05) is 0 Å². The normalized spacial score (nSPS) is 17.5. The monoisotopic (exact) mass is 461 g/mol. The Morgan fingerprint density at radius 1 is 1.00 bits per heavy atom. The highest BCUT2D eigenvalue weighted by Crippen LogP contribution is 2.29. The molecule has 0 bridgehead atoms. The molecule has 172 valence electrons. The molecule has 0 aliphatic carbocycles. The lowest BCUT2D eigenvalue weighted by Gasteiger charge is -2.27. The molecule has 9 heteroatoms. The van der Waals surface area contributed by atoms with E-state index in [2.05, 4.69) is 10.2 Å². The van der Waals surface area contributed by atoms with Crippen LogP contribution in [0.3, 0.4) is 0 Å². The smallest absolute Gasteiger partial charge is 0.253 e. The number of halogens is 1. The summed E-state index contributed by atoms with van der Waals surface area (Å²) in [6.07, 6.45) is 2.63. The van der Waals surface area contributed by atoms with E-state index >= 15 is 0 Å². The van der Waals surface area contributed by atoms with Crippen molar-refractivity contribution < 1.29 is 22.3 Å². The molecule has 0 saturated carbocycles. The Labute approximate surface area is 188 Å². The third kappa shape index (κ3) is 5.11. The van der Waals surface area contributed by atoms with Crippen LogP contribution < -0.4 is 10.2 Å². The van der Waals surface area contributed by atoms with Gasteiger partial charge < -0.3 is 15.0 Å². The number of nitrogens with zero attached hydrogens (tertiary/aromatic N) is 2. The Kier molecular flexibility index (Phi) is 7.07. The second-order valence-electron chi connectivity index (χ2n) is 8.02. The molecule has 0 spiro atoms. The van der Waals surface area contributed by atoms with Gasteiger partial charge in [-0.1, -0.05) is 12.1 Å². The van der Waals surface area contributed by atoms with E-state index in [1.54, 1.807) is 24.3 Å². The maximum atomic E-state index is 13.1. The number of amides is 1. The van der Waals surface area contributed by atoms with Gasteiger partial charge in [0.1, 0.15) is 5.82 Å². The summed E-state index contributed by atoms with van der Waals surface area (Å²) in [5.74, 6) is -0.612. The fourth-order valence-corrected chi connectivity index (χ4v) is 5.53. The van der Waals surface area contributed by atoms with E-state index in [1.165, 1.54) is 22.5 Å². The van der Waals surface area contributed by atoms with Crippen molar-refractivity contribution in [3.8, 4) is 0 Å². The van der Waals surface area contributed by atoms with Gasteiger partial charge in [-0.3, -0.25) is 4.79 Å². The molecule has 2 aromatic carbocycles. The van der Waals surface area contributed by atoms with Crippen LogP contribution in [0.25, 0.3) is 0 Å². The number of morpholine rings is 1. The predicted molar refractivity (Wildman–Crippen MR) is 120 cm³/mol. The summed E-state index contributed by atoms with van der Waals surface area (Å²) in [7, 11) is -3.71. The molecule has 0 atom stereocenters. The van der Waals surface area contributed by atoms with Gasteiger partial charge in [-0.05, 0) is 55.2 Å². The van der Waals surface area contributed by atoms with E-state index in [-0.39, 0.29) is 16.6 Å². The molecule has 0 aromatic heterocycles. The number of hydrogen-bond acceptors (Lipinski definition) is 5. The minimum atomic E-state index is -3.71. The molecule has 2 fully saturated rings. The zero-order valence-corrected chi connectivity index (χ0v) is 18.7. The van der Waals surface area contributed by atoms with Crippen LogP contribution in [0.1, 0.15) is 28.8 Å². The summed E-state index contributed by atoms with van der Waals surface area (Å²) in [4.78, 5) is 15.3. The van der Waals surface area contributed by atoms with Crippen LogP contribution in [-0.4, -0.2) is 64.6 Å². The first-order chi connectivity index (χ1) is 15.4. The molecule has 2 heterocycles. The molecule has 0 radical (unpaired) electrons. The van der Waals surface area contributed by atoms with Gasteiger partial charge in [0.05, 0.1) is 23.7 Å². The van der Waals surface area contributed by atoms with Gasteiger partial charge in [-0.25, -0.2) is 12.8 Å². The molecule has 2 aliphatic heterocycles. The van der Waals surface area contributed by atoms with Crippen LogP contribution in [0.15, 0.2) is 47.4 Å². The number of carbonyl (C=O) groups is 1. The first-order valence-electron chi connectivity index (χ1n) is 10.9. The summed E-state index contributed by atoms with van der Waals surface area (Å²) in [6, 6.07) is 11.0. The highest BCUT2D eigenvalue weighted by molar-refractivity contribution is 7.89. The number of ether oxygens (including phenoxy) is 1. The van der Waals surface area contributed by atoms with Crippen LogP contribution in [0.2, 0.25) is 0 Å². The van der Waals surface area contributed by atoms with Gasteiger partial charge in [0, 0.05) is 38.4 Å². The Hall–Kier alpha value is -2.49. The lowest BCUT2D eigenvalue weighted by atomic mass is 10.1. The predicted octanol–water partition coefficient (Wildman–Crippen LogP) is 2.42. The van der Waals surface area contributed by atoms with Crippen molar-refractivity contribution in [2.75, 3.05) is 50.8 Å². The van der Waals surface area contributed by atoms with Crippen molar-refractivity contribution in [1.29, 1.82) is 0 Å². The van der Waals surface area contributed by atoms with Crippen molar-refractivity contribution >= 4 is 21.6 Å². The maximum Gasteiger partial charge on any atom is 0.253 e. The molecule has 2 saturated heterocycles. The highest BCUT2D eigenvalue weighted by atomic mass is 32.2. The van der Waals surface area contributed by atoms with E-state index in [9.17, 15) is 17.6 Å². The van der Waals surface area contributed by atoms with Gasteiger partial charge in [0.15, 0.2) is 0 Å². The van der Waals surface area contributed by atoms with E-state index in [4.69, 9.17) is 4.74 Å². The number of carbonyl (C=O) groups excluding carboxylic acids is 1. The van der Waals surface area contributed by atoms with Gasteiger partial charge in [-0.2, -0.15) is 4.31 Å². The molecule has 2 aliphatic rings. The SMILES string of the molecule is O=C(NCCc1ccc(F)cc1)c1cc(S(=O)(=O)N2CCOCC2)ccc1N1CCCC1. The molecule has 2 aromatic rings. The fraction of sp³-hybridized carbons (Fsp3) is 0.435. The quantitative estimate of drug-likeness (QED) is 0.685. The molecule has 0 unspecified atom stereocenters. The van der Waals surface area contributed by atoms with Gasteiger partial charge in [0.2, 0.25) is 10.0 Å². The Morgan fingerprint density at radius 2 is 1.69 bits per heavy atom. The number of nitrogens with one attached hydrogen (secondary N) is 1. The number of benzene rings is 2. The largest absolute Gasteiger partial charge is 0.379 e. The highest BCUT2D eigenvalue weighted by Gasteiger charge is 2.29. The molecule has 4 rings (SSSR count). The fourth-order valence-electron chi connectivity index (χ4n) is 4.09. The van der Waals surface area contributed by atoms with E-state index < -0.39 is 10.0 Å². The Balaban J connectivity index is 1.55. The minimum absolute atomic E-state index is 0.117. The number of rotatable bonds is 7. The molecule has 1 N–H and O–H groups in total. The molecule has 7 nitrogen and oxygen atoms in total. The number of sulfonamides is 1. The topological polar surface area (TPSA) is 79.0 Å². The summed E-state index contributed by atoms with van der Waals surface area (Å²) < 4.78 is 46.0. The van der Waals surface area contributed by atoms with E-state index in [0.29, 0.717) is 44.8 Å². The Bertz CT molecular complexity index is 1050. The summed E-state index contributed by atoms with van der Waals surface area (Å²) >= 11 is 0. The Morgan fingerprint density at radius 3 is 2.38 bits per heavy atom. The van der Waals surface area contributed by atoms with Gasteiger partial charge in [0.25, 0.3) is 5.91 Å². The average molecular weight is 462 g/mol. The summed E-state index contributed by atoms with van der Waals surface area (Å²) in [5, 5.41) is 2.90. The van der Waals surface area contributed by atoms with Crippen LogP contribution in [0, 0.1) is 5.82 Å². The molecule has 1 amide bonds. The lowest BCUT2D eigenvalue weighted by molar-refractivity contribution is 0.0730. The molecular formula is C23H28FN3O4S. The van der Waals surface area contributed by atoms with Crippen molar-refractivity contribution in [2.24, 2.45) is 0 Å². The molecule has 32 heavy (non-hydrogen) atoms. The first-order valence-corrected chi connectivity index (χ1v) is 12.4. The zero-order chi connectivity index (χ0) is 22.6. The van der Waals surface area contributed by atoms with Crippen LogP contribution in [-0.2, 0) is 21.2 Å². The lowest BCUT2D eigenvalue weighted by Crippen LogP contribution is -2.40. The minimum Gasteiger partial charge on any atom is -0.379 e. The van der Waals surface area contributed by atoms with Crippen molar-refractivity contribution in [3.05, 3.63) is 59.4 Å². The summed E-state index contributed by atoms with van der Waals surface area (Å²) in [5.41, 5.74) is 2.03. The number of anilines is 1. The van der Waals surface area contributed by atoms with Gasteiger partial charge >= 0.3 is 0 Å². The molecular weight excluding hydrogens is 433 g/mol. The third-order valence-electron chi connectivity index (χ3n) is 5.88. The standard InChI is InChI=1S/C23H28FN3O4S/c24-19-5-3-18(4-6-19)9-10-25-23(28)21-17-20(7-8-22(21)26-11-1-2-12-26)32(29,30)27-13-15-31-16-14-27/h3-8,17H,1-2,9-16H2,(H,25,28).